The molecule has 1 N–H and O–H groups in total. The van der Waals surface area contributed by atoms with Crippen molar-refractivity contribution in [3.63, 3.8) is 0 Å². The van der Waals surface area contributed by atoms with Crippen molar-refractivity contribution in [2.75, 3.05) is 24.5 Å². The summed E-state index contributed by atoms with van der Waals surface area (Å²) in [5, 5.41) is 3.36. The molecule has 0 bridgehead atoms. The lowest BCUT2D eigenvalue weighted by atomic mass is 10.1. The van der Waals surface area contributed by atoms with Gasteiger partial charge in [0.1, 0.15) is 11.6 Å². The Balaban J connectivity index is 1.90. The van der Waals surface area contributed by atoms with Crippen LogP contribution in [0.4, 0.5) is 10.1 Å². The zero-order valence-electron chi connectivity index (χ0n) is 9.97. The second-order valence-corrected chi connectivity index (χ2v) is 4.41. The highest BCUT2D eigenvalue weighted by Gasteiger charge is 2.25. The normalized spacial score (nSPS) is 20.1. The molecule has 1 aromatic heterocycles. The molecule has 1 atom stereocenters. The smallest absolute Gasteiger partial charge is 0.127 e. The average molecular weight is 246 g/mol. The third kappa shape index (κ3) is 2.11. The Hall–Kier alpha value is -1.81. The zero-order valence-corrected chi connectivity index (χ0v) is 9.97. The maximum Gasteiger partial charge on any atom is 0.127 e. The van der Waals surface area contributed by atoms with E-state index in [9.17, 15) is 4.39 Å². The molecule has 1 aromatic carbocycles. The largest absolute Gasteiger partial charge is 0.467 e. The summed E-state index contributed by atoms with van der Waals surface area (Å²) in [4.78, 5) is 2.24. The van der Waals surface area contributed by atoms with E-state index in [1.54, 1.807) is 6.26 Å². The van der Waals surface area contributed by atoms with Gasteiger partial charge in [-0.15, -0.1) is 0 Å². The molecule has 4 heteroatoms. The summed E-state index contributed by atoms with van der Waals surface area (Å²) in [7, 11) is 0. The van der Waals surface area contributed by atoms with Crippen LogP contribution in [0.2, 0.25) is 0 Å². The van der Waals surface area contributed by atoms with Crippen molar-refractivity contribution >= 4 is 5.69 Å². The Morgan fingerprint density at radius 3 is 2.78 bits per heavy atom. The number of rotatable bonds is 2. The lowest BCUT2D eigenvalue weighted by molar-refractivity contribution is 0.403. The number of hydrogen-bond donors (Lipinski definition) is 1. The van der Waals surface area contributed by atoms with Crippen molar-refractivity contribution in [3.05, 3.63) is 54.2 Å². The van der Waals surface area contributed by atoms with Gasteiger partial charge in [0.2, 0.25) is 0 Å². The molecular formula is C14H15FN2O. The minimum absolute atomic E-state index is 0.166. The van der Waals surface area contributed by atoms with Gasteiger partial charge >= 0.3 is 0 Å². The fraction of sp³-hybridized carbons (Fsp3) is 0.286. The van der Waals surface area contributed by atoms with Crippen LogP contribution in [-0.4, -0.2) is 19.6 Å². The van der Waals surface area contributed by atoms with Crippen LogP contribution in [0.15, 0.2) is 47.1 Å². The second-order valence-electron chi connectivity index (χ2n) is 4.41. The van der Waals surface area contributed by atoms with E-state index in [-0.39, 0.29) is 11.9 Å². The summed E-state index contributed by atoms with van der Waals surface area (Å²) in [6.07, 6.45) is 1.69. The minimum atomic E-state index is -0.205. The molecule has 1 fully saturated rings. The van der Waals surface area contributed by atoms with Gasteiger partial charge in [0.25, 0.3) is 0 Å². The highest BCUT2D eigenvalue weighted by Crippen LogP contribution is 2.28. The predicted molar refractivity (Wildman–Crippen MR) is 68.1 cm³/mol. The van der Waals surface area contributed by atoms with Gasteiger partial charge in [-0.1, -0.05) is 0 Å². The molecule has 18 heavy (non-hydrogen) atoms. The first kappa shape index (κ1) is 11.3. The molecule has 0 aliphatic carbocycles. The van der Waals surface area contributed by atoms with Crippen LogP contribution < -0.4 is 10.2 Å². The van der Waals surface area contributed by atoms with Crippen LogP contribution in [0.25, 0.3) is 0 Å². The predicted octanol–water partition coefficient (Wildman–Crippen LogP) is 2.57. The summed E-state index contributed by atoms with van der Waals surface area (Å²) in [5.41, 5.74) is 1.03. The molecule has 0 radical (unpaired) electrons. The third-order valence-electron chi connectivity index (χ3n) is 3.27. The number of nitrogens with zero attached hydrogens (tertiary/aromatic N) is 1. The van der Waals surface area contributed by atoms with Crippen molar-refractivity contribution in [2.24, 2.45) is 0 Å². The average Bonchev–Trinajstić information content (AvgIpc) is 2.93. The van der Waals surface area contributed by atoms with E-state index in [4.69, 9.17) is 4.42 Å². The van der Waals surface area contributed by atoms with Crippen molar-refractivity contribution in [2.45, 2.75) is 6.04 Å². The van der Waals surface area contributed by atoms with Crippen molar-refractivity contribution in [1.29, 1.82) is 0 Å². The van der Waals surface area contributed by atoms with Gasteiger partial charge in [-0.05, 0) is 36.4 Å². The van der Waals surface area contributed by atoms with Gasteiger partial charge in [-0.3, -0.25) is 0 Å². The van der Waals surface area contributed by atoms with E-state index in [2.05, 4.69) is 10.2 Å². The molecule has 2 heterocycles. The Bertz CT molecular complexity index is 495. The van der Waals surface area contributed by atoms with Crippen LogP contribution in [0, 0.1) is 5.82 Å². The topological polar surface area (TPSA) is 28.4 Å². The summed E-state index contributed by atoms with van der Waals surface area (Å²) in [6, 6.07) is 10.7. The molecule has 0 spiro atoms. The first-order chi connectivity index (χ1) is 8.84. The molecule has 3 nitrogen and oxygen atoms in total. The molecule has 1 unspecified atom stereocenters. The molecule has 1 aliphatic rings. The minimum Gasteiger partial charge on any atom is -0.467 e. The molecule has 3 rings (SSSR count). The van der Waals surface area contributed by atoms with Crippen LogP contribution in [-0.2, 0) is 0 Å². The maximum absolute atomic E-state index is 13.0. The van der Waals surface area contributed by atoms with Crippen molar-refractivity contribution in [3.8, 4) is 0 Å². The molecule has 0 amide bonds. The zero-order chi connectivity index (χ0) is 12.4. The van der Waals surface area contributed by atoms with Gasteiger partial charge in [-0.2, -0.15) is 0 Å². The third-order valence-corrected chi connectivity index (χ3v) is 3.27. The van der Waals surface area contributed by atoms with Gasteiger partial charge in [0.05, 0.1) is 12.3 Å². The Kier molecular flexibility index (Phi) is 3.02. The van der Waals surface area contributed by atoms with Gasteiger partial charge in [0.15, 0.2) is 0 Å². The van der Waals surface area contributed by atoms with E-state index in [0.29, 0.717) is 0 Å². The second kappa shape index (κ2) is 4.82. The number of furan rings is 1. The summed E-state index contributed by atoms with van der Waals surface area (Å²) >= 11 is 0. The fourth-order valence-corrected chi connectivity index (χ4v) is 2.38. The van der Waals surface area contributed by atoms with E-state index < -0.39 is 0 Å². The van der Waals surface area contributed by atoms with Crippen molar-refractivity contribution < 1.29 is 8.81 Å². The van der Waals surface area contributed by atoms with Gasteiger partial charge < -0.3 is 14.6 Å². The Morgan fingerprint density at radius 2 is 2.06 bits per heavy atom. The van der Waals surface area contributed by atoms with Crippen LogP contribution in [0.1, 0.15) is 11.8 Å². The highest BCUT2D eigenvalue weighted by molar-refractivity contribution is 5.49. The van der Waals surface area contributed by atoms with E-state index in [1.807, 2.05) is 24.3 Å². The number of hydrogen-bond acceptors (Lipinski definition) is 3. The quantitative estimate of drug-likeness (QED) is 0.882. The Morgan fingerprint density at radius 1 is 1.22 bits per heavy atom. The van der Waals surface area contributed by atoms with E-state index >= 15 is 0 Å². The van der Waals surface area contributed by atoms with Gasteiger partial charge in [0, 0.05) is 25.3 Å². The molecule has 1 aliphatic heterocycles. The summed E-state index contributed by atoms with van der Waals surface area (Å²) in [6.45, 7) is 2.65. The van der Waals surface area contributed by atoms with Crippen LogP contribution in [0.5, 0.6) is 0 Å². The molecule has 2 aromatic rings. The number of nitrogens with one attached hydrogen (secondary N) is 1. The van der Waals surface area contributed by atoms with E-state index in [0.717, 1.165) is 31.1 Å². The van der Waals surface area contributed by atoms with Crippen LogP contribution >= 0.6 is 0 Å². The van der Waals surface area contributed by atoms with Crippen LogP contribution in [0.3, 0.4) is 0 Å². The first-order valence-corrected chi connectivity index (χ1v) is 6.11. The first-order valence-electron chi connectivity index (χ1n) is 6.11. The SMILES string of the molecule is Fc1ccc(N2CCNCC2c2ccco2)cc1. The summed E-state index contributed by atoms with van der Waals surface area (Å²) in [5.74, 6) is 0.731. The number of benzene rings is 1. The molecule has 1 saturated heterocycles. The lowest BCUT2D eigenvalue weighted by Gasteiger charge is -2.36. The van der Waals surface area contributed by atoms with Crippen molar-refractivity contribution in [1.82, 2.24) is 5.32 Å². The van der Waals surface area contributed by atoms with Gasteiger partial charge in [-0.25, -0.2) is 4.39 Å². The lowest BCUT2D eigenvalue weighted by Crippen LogP contribution is -2.46. The Labute approximate surface area is 105 Å². The van der Waals surface area contributed by atoms with E-state index in [1.165, 1.54) is 12.1 Å². The summed E-state index contributed by atoms with van der Waals surface area (Å²) < 4.78 is 18.5. The number of piperazine rings is 1. The fourth-order valence-electron chi connectivity index (χ4n) is 2.38. The number of anilines is 1. The molecular weight excluding hydrogens is 231 g/mol. The monoisotopic (exact) mass is 246 g/mol. The standard InChI is InChI=1S/C14H15FN2O/c15-11-3-5-12(6-4-11)17-8-7-16-10-13(17)14-2-1-9-18-14/h1-6,9,13,16H,7-8,10H2. The maximum atomic E-state index is 13.0. The molecule has 94 valence electrons. The highest BCUT2D eigenvalue weighted by atomic mass is 19.1. The number of halogens is 1. The molecule has 0 saturated carbocycles.